The molecule has 0 heterocycles. The summed E-state index contributed by atoms with van der Waals surface area (Å²) in [6, 6.07) is 7.76. The summed E-state index contributed by atoms with van der Waals surface area (Å²) in [5.41, 5.74) is 0.285. The van der Waals surface area contributed by atoms with Crippen molar-refractivity contribution >= 4 is 40.8 Å². The van der Waals surface area contributed by atoms with Gasteiger partial charge in [0.2, 0.25) is 5.91 Å². The lowest BCUT2D eigenvalue weighted by Crippen LogP contribution is -2.16. The molecule has 0 unspecified atom stereocenters. The maximum Gasteiger partial charge on any atom is 0.337 e. The summed E-state index contributed by atoms with van der Waals surface area (Å²) in [6.07, 6.45) is 0. The lowest BCUT2D eigenvalue weighted by atomic mass is 10.1. The Hall–Kier alpha value is -2.93. The van der Waals surface area contributed by atoms with Crippen LogP contribution in [-0.4, -0.2) is 24.9 Å². The molecule has 130 valence electrons. The molecule has 0 radical (unpaired) electrons. The van der Waals surface area contributed by atoms with Gasteiger partial charge in [0.1, 0.15) is 5.82 Å². The van der Waals surface area contributed by atoms with Crippen LogP contribution in [0.25, 0.3) is 0 Å². The predicted octanol–water partition coefficient (Wildman–Crippen LogP) is 3.48. The first-order valence-electron chi connectivity index (χ1n) is 7.08. The van der Waals surface area contributed by atoms with Crippen molar-refractivity contribution in [3.05, 3.63) is 58.4 Å². The summed E-state index contributed by atoms with van der Waals surface area (Å²) < 4.78 is 18.5. The highest BCUT2D eigenvalue weighted by molar-refractivity contribution is 6.34. The van der Waals surface area contributed by atoms with Gasteiger partial charge in [0.25, 0.3) is 5.91 Å². The SMILES string of the molecule is COC(=O)c1ccc(Cl)c(NC(=O)c2cc(NC(C)=O)ccc2F)c1. The third kappa shape index (κ3) is 4.54. The van der Waals surface area contributed by atoms with Crippen LogP contribution in [0.2, 0.25) is 5.02 Å². The van der Waals surface area contributed by atoms with E-state index in [0.29, 0.717) is 0 Å². The molecule has 0 saturated heterocycles. The van der Waals surface area contributed by atoms with E-state index >= 15 is 0 Å². The Morgan fingerprint density at radius 3 is 2.44 bits per heavy atom. The van der Waals surface area contributed by atoms with Crippen molar-refractivity contribution in [1.29, 1.82) is 0 Å². The van der Waals surface area contributed by atoms with Crippen LogP contribution in [0.4, 0.5) is 15.8 Å². The van der Waals surface area contributed by atoms with Gasteiger partial charge in [-0.05, 0) is 36.4 Å². The molecule has 2 aromatic rings. The highest BCUT2D eigenvalue weighted by Gasteiger charge is 2.16. The lowest BCUT2D eigenvalue weighted by molar-refractivity contribution is -0.114. The van der Waals surface area contributed by atoms with E-state index in [-0.39, 0.29) is 33.4 Å². The van der Waals surface area contributed by atoms with Gasteiger partial charge < -0.3 is 15.4 Å². The van der Waals surface area contributed by atoms with Crippen LogP contribution in [0.3, 0.4) is 0 Å². The van der Waals surface area contributed by atoms with Crippen molar-refractivity contribution in [2.24, 2.45) is 0 Å². The van der Waals surface area contributed by atoms with Gasteiger partial charge in [0.15, 0.2) is 0 Å². The number of anilines is 2. The average molecular weight is 365 g/mol. The lowest BCUT2D eigenvalue weighted by Gasteiger charge is -2.11. The summed E-state index contributed by atoms with van der Waals surface area (Å²) in [6.45, 7) is 1.29. The van der Waals surface area contributed by atoms with Gasteiger partial charge in [-0.15, -0.1) is 0 Å². The normalized spacial score (nSPS) is 10.1. The van der Waals surface area contributed by atoms with Gasteiger partial charge in [0.05, 0.1) is 28.9 Å². The minimum atomic E-state index is -0.784. The molecule has 2 aromatic carbocycles. The fourth-order valence-corrected chi connectivity index (χ4v) is 2.20. The Morgan fingerprint density at radius 1 is 1.08 bits per heavy atom. The molecule has 2 rings (SSSR count). The second-order valence-electron chi connectivity index (χ2n) is 5.02. The zero-order valence-corrected chi connectivity index (χ0v) is 14.1. The number of esters is 1. The minimum absolute atomic E-state index is 0.124. The summed E-state index contributed by atoms with van der Waals surface area (Å²) in [7, 11) is 1.22. The Labute approximate surface area is 147 Å². The molecule has 0 spiro atoms. The topological polar surface area (TPSA) is 84.5 Å². The van der Waals surface area contributed by atoms with Crippen LogP contribution in [-0.2, 0) is 9.53 Å². The van der Waals surface area contributed by atoms with Crippen molar-refractivity contribution in [2.45, 2.75) is 6.92 Å². The average Bonchev–Trinajstić information content (AvgIpc) is 2.57. The zero-order chi connectivity index (χ0) is 18.6. The molecule has 0 aromatic heterocycles. The standard InChI is InChI=1S/C17H14ClFN2O4/c1-9(22)20-11-4-6-14(19)12(8-11)16(23)21-15-7-10(17(24)25-2)3-5-13(15)18/h3-8H,1-2H3,(H,20,22)(H,21,23). The highest BCUT2D eigenvalue weighted by atomic mass is 35.5. The van der Waals surface area contributed by atoms with Crippen LogP contribution >= 0.6 is 11.6 Å². The molecule has 6 nitrogen and oxygen atoms in total. The first-order valence-corrected chi connectivity index (χ1v) is 7.46. The number of hydrogen-bond donors (Lipinski definition) is 2. The molecule has 0 saturated carbocycles. The molecule has 0 bridgehead atoms. The summed E-state index contributed by atoms with van der Waals surface area (Å²) in [5.74, 6) is -2.52. The number of amides is 2. The first-order chi connectivity index (χ1) is 11.8. The van der Waals surface area contributed by atoms with Crippen molar-refractivity contribution in [2.75, 3.05) is 17.7 Å². The number of halogens is 2. The number of methoxy groups -OCH3 is 1. The quantitative estimate of drug-likeness (QED) is 0.813. The number of benzene rings is 2. The third-order valence-corrected chi connectivity index (χ3v) is 3.50. The minimum Gasteiger partial charge on any atom is -0.465 e. The number of nitrogens with one attached hydrogen (secondary N) is 2. The van der Waals surface area contributed by atoms with E-state index in [4.69, 9.17) is 11.6 Å². The van der Waals surface area contributed by atoms with E-state index in [1.807, 2.05) is 0 Å². The predicted molar refractivity (Wildman–Crippen MR) is 91.4 cm³/mol. The summed E-state index contributed by atoms with van der Waals surface area (Å²) >= 11 is 6.00. The molecular formula is C17H14ClFN2O4. The fraction of sp³-hybridized carbons (Fsp3) is 0.118. The zero-order valence-electron chi connectivity index (χ0n) is 13.4. The number of carbonyl (C=O) groups is 3. The number of rotatable bonds is 4. The molecule has 0 fully saturated rings. The molecular weight excluding hydrogens is 351 g/mol. The maximum absolute atomic E-state index is 13.9. The third-order valence-electron chi connectivity index (χ3n) is 3.17. The van der Waals surface area contributed by atoms with Gasteiger partial charge in [-0.2, -0.15) is 0 Å². The second kappa shape index (κ2) is 7.76. The summed E-state index contributed by atoms with van der Waals surface area (Å²) in [5, 5.41) is 5.06. The summed E-state index contributed by atoms with van der Waals surface area (Å²) in [4.78, 5) is 35.0. The first kappa shape index (κ1) is 18.4. The fourth-order valence-electron chi connectivity index (χ4n) is 2.04. The Balaban J connectivity index is 2.31. The van der Waals surface area contributed by atoms with Gasteiger partial charge in [0, 0.05) is 12.6 Å². The van der Waals surface area contributed by atoms with Crippen molar-refractivity contribution in [3.63, 3.8) is 0 Å². The molecule has 2 amide bonds. The monoisotopic (exact) mass is 364 g/mol. The van der Waals surface area contributed by atoms with Crippen molar-refractivity contribution in [1.82, 2.24) is 0 Å². The number of hydrogen-bond acceptors (Lipinski definition) is 4. The van der Waals surface area contributed by atoms with Crippen LogP contribution < -0.4 is 10.6 Å². The van der Waals surface area contributed by atoms with Crippen LogP contribution in [0.5, 0.6) is 0 Å². The van der Waals surface area contributed by atoms with Crippen LogP contribution in [0.15, 0.2) is 36.4 Å². The van der Waals surface area contributed by atoms with E-state index < -0.39 is 17.7 Å². The molecule has 25 heavy (non-hydrogen) atoms. The number of carbonyl (C=O) groups excluding carboxylic acids is 3. The van der Waals surface area contributed by atoms with Crippen LogP contribution in [0.1, 0.15) is 27.6 Å². The smallest absolute Gasteiger partial charge is 0.337 e. The van der Waals surface area contributed by atoms with E-state index in [9.17, 15) is 18.8 Å². The van der Waals surface area contributed by atoms with Gasteiger partial charge in [-0.3, -0.25) is 9.59 Å². The van der Waals surface area contributed by atoms with Crippen molar-refractivity contribution in [3.8, 4) is 0 Å². The molecule has 0 atom stereocenters. The molecule has 2 N–H and O–H groups in total. The Kier molecular flexibility index (Phi) is 5.71. The van der Waals surface area contributed by atoms with Crippen molar-refractivity contribution < 1.29 is 23.5 Å². The van der Waals surface area contributed by atoms with Gasteiger partial charge in [-0.25, -0.2) is 9.18 Å². The molecule has 8 heteroatoms. The van der Waals surface area contributed by atoms with Crippen LogP contribution in [0, 0.1) is 5.82 Å². The Morgan fingerprint density at radius 2 is 1.80 bits per heavy atom. The maximum atomic E-state index is 13.9. The highest BCUT2D eigenvalue weighted by Crippen LogP contribution is 2.25. The van der Waals surface area contributed by atoms with Gasteiger partial charge in [-0.1, -0.05) is 11.6 Å². The second-order valence-corrected chi connectivity index (χ2v) is 5.42. The van der Waals surface area contributed by atoms with E-state index in [0.717, 1.165) is 6.07 Å². The van der Waals surface area contributed by atoms with E-state index in [2.05, 4.69) is 15.4 Å². The Bertz CT molecular complexity index is 855. The molecule has 0 aliphatic heterocycles. The molecule has 0 aliphatic carbocycles. The number of ether oxygens (including phenoxy) is 1. The largest absolute Gasteiger partial charge is 0.465 e. The van der Waals surface area contributed by atoms with E-state index in [1.165, 1.54) is 44.4 Å². The van der Waals surface area contributed by atoms with Gasteiger partial charge >= 0.3 is 5.97 Å². The van der Waals surface area contributed by atoms with E-state index in [1.54, 1.807) is 0 Å². The molecule has 0 aliphatic rings.